The van der Waals surface area contributed by atoms with Crippen LogP contribution in [-0.2, 0) is 16.1 Å². The van der Waals surface area contributed by atoms with Gasteiger partial charge in [-0.05, 0) is 18.4 Å². The summed E-state index contributed by atoms with van der Waals surface area (Å²) < 4.78 is 5.23. The molecule has 1 fully saturated rings. The first-order chi connectivity index (χ1) is 9.16. The van der Waals surface area contributed by atoms with Gasteiger partial charge in [-0.2, -0.15) is 0 Å². The number of ether oxygens (including phenoxy) is 1. The lowest BCUT2D eigenvalue weighted by Gasteiger charge is -2.30. The molecular weight excluding hydrogens is 244 g/mol. The van der Waals surface area contributed by atoms with Crippen molar-refractivity contribution in [2.75, 3.05) is 13.1 Å². The number of hydrogen-bond acceptors (Lipinski definition) is 3. The zero-order chi connectivity index (χ0) is 13.7. The van der Waals surface area contributed by atoms with Crippen molar-refractivity contribution in [3.05, 3.63) is 35.9 Å². The van der Waals surface area contributed by atoms with Crippen molar-refractivity contribution in [1.82, 2.24) is 4.90 Å². The number of nitrogens with zero attached hydrogens (tertiary/aromatic N) is 1. The van der Waals surface area contributed by atoms with Crippen molar-refractivity contribution in [2.24, 2.45) is 11.7 Å². The minimum Gasteiger partial charge on any atom is -0.445 e. The molecule has 1 aliphatic heterocycles. The summed E-state index contributed by atoms with van der Waals surface area (Å²) in [7, 11) is 0. The van der Waals surface area contributed by atoms with Crippen LogP contribution in [0.1, 0.15) is 18.4 Å². The Labute approximate surface area is 112 Å². The van der Waals surface area contributed by atoms with E-state index in [0.29, 0.717) is 13.1 Å². The molecule has 0 saturated carbocycles. The van der Waals surface area contributed by atoms with Crippen LogP contribution < -0.4 is 5.73 Å². The molecule has 2 rings (SSSR count). The molecule has 1 aromatic rings. The van der Waals surface area contributed by atoms with Crippen LogP contribution in [0.5, 0.6) is 0 Å². The fourth-order valence-electron chi connectivity index (χ4n) is 2.19. The first-order valence-corrected chi connectivity index (χ1v) is 6.42. The van der Waals surface area contributed by atoms with Crippen LogP contribution in [0.4, 0.5) is 4.79 Å². The summed E-state index contributed by atoms with van der Waals surface area (Å²) in [6.07, 6.45) is 1.15. The highest BCUT2D eigenvalue weighted by Crippen LogP contribution is 2.17. The van der Waals surface area contributed by atoms with Gasteiger partial charge in [0, 0.05) is 13.1 Å². The molecule has 1 aliphatic rings. The molecule has 2 amide bonds. The molecule has 0 spiro atoms. The molecule has 0 aliphatic carbocycles. The molecule has 1 heterocycles. The monoisotopic (exact) mass is 262 g/mol. The van der Waals surface area contributed by atoms with Gasteiger partial charge in [0.15, 0.2) is 0 Å². The Balaban J connectivity index is 1.84. The first kappa shape index (κ1) is 13.4. The Hall–Kier alpha value is -2.04. The van der Waals surface area contributed by atoms with Gasteiger partial charge >= 0.3 is 6.09 Å². The Morgan fingerprint density at radius 1 is 1.32 bits per heavy atom. The standard InChI is InChI=1S/C14H18N2O3/c15-13(17)12-7-4-8-16(9-12)14(18)19-10-11-5-2-1-3-6-11/h1-3,5-6,12H,4,7-10H2,(H2,15,17)/t12-/m1/s1. The van der Waals surface area contributed by atoms with Crippen molar-refractivity contribution < 1.29 is 14.3 Å². The lowest BCUT2D eigenvalue weighted by molar-refractivity contribution is -0.123. The van der Waals surface area contributed by atoms with Crippen LogP contribution in [-0.4, -0.2) is 30.0 Å². The molecule has 0 unspecified atom stereocenters. The second kappa shape index (κ2) is 6.22. The largest absolute Gasteiger partial charge is 0.445 e. The number of rotatable bonds is 3. The number of amides is 2. The summed E-state index contributed by atoms with van der Waals surface area (Å²) in [6.45, 7) is 1.23. The molecule has 0 radical (unpaired) electrons. The zero-order valence-corrected chi connectivity index (χ0v) is 10.7. The number of nitrogens with two attached hydrogens (primary N) is 1. The fourth-order valence-corrected chi connectivity index (χ4v) is 2.19. The normalized spacial score (nSPS) is 18.9. The highest BCUT2D eigenvalue weighted by atomic mass is 16.6. The smallest absolute Gasteiger partial charge is 0.410 e. The van der Waals surface area contributed by atoms with E-state index in [-0.39, 0.29) is 24.5 Å². The van der Waals surface area contributed by atoms with E-state index < -0.39 is 0 Å². The second-order valence-electron chi connectivity index (χ2n) is 4.73. The summed E-state index contributed by atoms with van der Waals surface area (Å²) in [5, 5.41) is 0. The summed E-state index contributed by atoms with van der Waals surface area (Å²) in [4.78, 5) is 24.6. The molecule has 102 valence electrons. The maximum atomic E-state index is 11.9. The van der Waals surface area contributed by atoms with Gasteiger partial charge in [0.1, 0.15) is 6.61 Å². The summed E-state index contributed by atoms with van der Waals surface area (Å²) in [5.41, 5.74) is 6.22. The molecule has 1 saturated heterocycles. The van der Waals surface area contributed by atoms with E-state index in [2.05, 4.69) is 0 Å². The minimum absolute atomic E-state index is 0.247. The molecule has 0 aromatic heterocycles. The van der Waals surface area contributed by atoms with Crippen molar-refractivity contribution in [3.63, 3.8) is 0 Å². The van der Waals surface area contributed by atoms with Gasteiger partial charge < -0.3 is 15.4 Å². The third kappa shape index (κ3) is 3.71. The van der Waals surface area contributed by atoms with Crippen molar-refractivity contribution in [1.29, 1.82) is 0 Å². The maximum absolute atomic E-state index is 11.9. The Morgan fingerprint density at radius 2 is 2.05 bits per heavy atom. The van der Waals surface area contributed by atoms with Gasteiger partial charge in [-0.25, -0.2) is 4.79 Å². The van der Waals surface area contributed by atoms with E-state index in [1.807, 2.05) is 30.3 Å². The number of hydrogen-bond donors (Lipinski definition) is 1. The Kier molecular flexibility index (Phi) is 4.39. The molecule has 0 bridgehead atoms. The van der Waals surface area contributed by atoms with Crippen LogP contribution in [0, 0.1) is 5.92 Å². The van der Waals surface area contributed by atoms with Crippen LogP contribution in [0.15, 0.2) is 30.3 Å². The number of piperidine rings is 1. The summed E-state index contributed by atoms with van der Waals surface area (Å²) in [5.74, 6) is -0.599. The Bertz CT molecular complexity index is 447. The van der Waals surface area contributed by atoms with Crippen LogP contribution in [0.3, 0.4) is 0 Å². The minimum atomic E-state index is -0.380. The number of benzene rings is 1. The number of primary amides is 1. The van der Waals surface area contributed by atoms with E-state index in [0.717, 1.165) is 18.4 Å². The predicted octanol–water partition coefficient (Wildman–Crippen LogP) is 1.52. The zero-order valence-electron chi connectivity index (χ0n) is 10.7. The van der Waals surface area contributed by atoms with Crippen molar-refractivity contribution in [2.45, 2.75) is 19.4 Å². The summed E-state index contributed by atoms with van der Waals surface area (Å²) in [6, 6.07) is 9.50. The van der Waals surface area contributed by atoms with Crippen molar-refractivity contribution >= 4 is 12.0 Å². The van der Waals surface area contributed by atoms with Gasteiger partial charge in [0.05, 0.1) is 5.92 Å². The SMILES string of the molecule is NC(=O)[C@@H]1CCCN(C(=O)OCc2ccccc2)C1. The maximum Gasteiger partial charge on any atom is 0.410 e. The first-order valence-electron chi connectivity index (χ1n) is 6.42. The lowest BCUT2D eigenvalue weighted by Crippen LogP contribution is -2.44. The average molecular weight is 262 g/mol. The topological polar surface area (TPSA) is 72.6 Å². The number of likely N-dealkylation sites (tertiary alicyclic amines) is 1. The van der Waals surface area contributed by atoms with Crippen LogP contribution in [0.2, 0.25) is 0 Å². The highest BCUT2D eigenvalue weighted by molar-refractivity contribution is 5.78. The van der Waals surface area contributed by atoms with Crippen LogP contribution in [0.25, 0.3) is 0 Å². The lowest BCUT2D eigenvalue weighted by atomic mass is 9.98. The highest BCUT2D eigenvalue weighted by Gasteiger charge is 2.27. The van der Waals surface area contributed by atoms with E-state index in [1.165, 1.54) is 0 Å². The van der Waals surface area contributed by atoms with E-state index in [4.69, 9.17) is 10.5 Å². The molecule has 5 nitrogen and oxygen atoms in total. The van der Waals surface area contributed by atoms with Gasteiger partial charge in [-0.1, -0.05) is 30.3 Å². The van der Waals surface area contributed by atoms with E-state index in [9.17, 15) is 9.59 Å². The summed E-state index contributed by atoms with van der Waals surface area (Å²) >= 11 is 0. The third-order valence-electron chi connectivity index (χ3n) is 3.29. The van der Waals surface area contributed by atoms with E-state index >= 15 is 0 Å². The average Bonchev–Trinajstić information content (AvgIpc) is 2.46. The molecule has 19 heavy (non-hydrogen) atoms. The Morgan fingerprint density at radius 3 is 2.74 bits per heavy atom. The predicted molar refractivity (Wildman–Crippen MR) is 70.1 cm³/mol. The molecule has 2 N–H and O–H groups in total. The fraction of sp³-hybridized carbons (Fsp3) is 0.429. The molecule has 1 aromatic carbocycles. The number of carbonyl (C=O) groups excluding carboxylic acids is 2. The van der Waals surface area contributed by atoms with Gasteiger partial charge in [0.25, 0.3) is 0 Å². The van der Waals surface area contributed by atoms with Crippen LogP contribution >= 0.6 is 0 Å². The molecular formula is C14H18N2O3. The van der Waals surface area contributed by atoms with Crippen molar-refractivity contribution in [3.8, 4) is 0 Å². The van der Waals surface area contributed by atoms with Gasteiger partial charge in [-0.3, -0.25) is 4.79 Å². The van der Waals surface area contributed by atoms with Gasteiger partial charge in [0.2, 0.25) is 5.91 Å². The van der Waals surface area contributed by atoms with E-state index in [1.54, 1.807) is 4.90 Å². The van der Waals surface area contributed by atoms with Gasteiger partial charge in [-0.15, -0.1) is 0 Å². The molecule has 5 heteroatoms. The quantitative estimate of drug-likeness (QED) is 0.897. The molecule has 1 atom stereocenters. The number of carbonyl (C=O) groups is 2. The third-order valence-corrected chi connectivity index (χ3v) is 3.29. The second-order valence-corrected chi connectivity index (χ2v) is 4.73.